The van der Waals surface area contributed by atoms with Crippen LogP contribution in [-0.2, 0) is 13.2 Å². The molecule has 0 amide bonds. The third-order valence-corrected chi connectivity index (χ3v) is 6.15. The largest absolute Gasteiger partial charge is 0.494 e. The van der Waals surface area contributed by atoms with E-state index in [-0.39, 0.29) is 0 Å². The lowest BCUT2D eigenvalue weighted by atomic mass is 10.0. The summed E-state index contributed by atoms with van der Waals surface area (Å²) in [6, 6.07) is 21.0. The van der Waals surface area contributed by atoms with Crippen LogP contribution in [0.3, 0.4) is 0 Å². The van der Waals surface area contributed by atoms with Gasteiger partial charge in [-0.3, -0.25) is 0 Å². The summed E-state index contributed by atoms with van der Waals surface area (Å²) in [5, 5.41) is 0. The molecule has 0 spiro atoms. The third-order valence-electron chi connectivity index (χ3n) is 6.15. The molecule has 0 atom stereocenters. The van der Waals surface area contributed by atoms with Crippen molar-refractivity contribution in [2.75, 3.05) is 6.61 Å². The minimum Gasteiger partial charge on any atom is -0.494 e. The molecule has 0 radical (unpaired) electrons. The summed E-state index contributed by atoms with van der Waals surface area (Å²) in [5.41, 5.74) is 7.10. The van der Waals surface area contributed by atoms with Crippen molar-refractivity contribution in [3.8, 4) is 11.5 Å². The second kappa shape index (κ2) is 10.1. The molecule has 1 heterocycles. The average Bonchev–Trinajstić information content (AvgIpc) is 3.15. The van der Waals surface area contributed by atoms with Crippen LogP contribution in [-0.4, -0.2) is 16.2 Å². The molecule has 0 aliphatic carbocycles. The van der Waals surface area contributed by atoms with Gasteiger partial charge in [-0.1, -0.05) is 44.2 Å². The van der Waals surface area contributed by atoms with Gasteiger partial charge < -0.3 is 14.0 Å². The number of para-hydroxylation sites is 2. The van der Waals surface area contributed by atoms with Crippen molar-refractivity contribution in [2.45, 2.75) is 60.1 Å². The first kappa shape index (κ1) is 22.9. The van der Waals surface area contributed by atoms with E-state index in [2.05, 4.69) is 87.7 Å². The average molecular weight is 443 g/mol. The van der Waals surface area contributed by atoms with Gasteiger partial charge in [0.25, 0.3) is 0 Å². The van der Waals surface area contributed by atoms with Crippen molar-refractivity contribution in [2.24, 2.45) is 0 Å². The molecule has 3 aromatic carbocycles. The molecule has 172 valence electrons. The predicted octanol–water partition coefficient (Wildman–Crippen LogP) is 7.13. The smallest absolute Gasteiger partial charge is 0.148 e. The van der Waals surface area contributed by atoms with E-state index in [0.717, 1.165) is 41.3 Å². The second-order valence-corrected chi connectivity index (χ2v) is 9.10. The lowest BCUT2D eigenvalue weighted by Crippen LogP contribution is -2.11. The standard InChI is InChI=1S/C29H34N2O2/c1-20(2)25-14-11-21(3)17-28(25)33-19-29-30-26-9-6-7-10-27(26)31(29)15-8-16-32-24-13-12-22(4)23(5)18-24/h6-7,9-14,17-18,20H,8,15-16,19H2,1-5H3. The number of fused-ring (bicyclic) bond motifs is 1. The number of hydrogen-bond donors (Lipinski definition) is 0. The molecule has 4 aromatic rings. The van der Waals surface area contributed by atoms with E-state index in [1.54, 1.807) is 0 Å². The summed E-state index contributed by atoms with van der Waals surface area (Å²) in [6.45, 7) is 12.7. The molecule has 0 aliphatic heterocycles. The Hall–Kier alpha value is -3.27. The fourth-order valence-corrected chi connectivity index (χ4v) is 4.09. The van der Waals surface area contributed by atoms with E-state index >= 15 is 0 Å². The van der Waals surface area contributed by atoms with Crippen LogP contribution in [0.2, 0.25) is 0 Å². The number of imidazole rings is 1. The van der Waals surface area contributed by atoms with E-state index in [4.69, 9.17) is 14.5 Å². The number of rotatable bonds is 9. The molecule has 0 saturated carbocycles. The normalized spacial score (nSPS) is 11.3. The molecule has 4 rings (SSSR count). The van der Waals surface area contributed by atoms with Gasteiger partial charge in [0.1, 0.15) is 23.9 Å². The Morgan fingerprint density at radius 1 is 0.879 bits per heavy atom. The summed E-state index contributed by atoms with van der Waals surface area (Å²) in [4.78, 5) is 4.88. The lowest BCUT2D eigenvalue weighted by Gasteiger charge is -2.16. The maximum absolute atomic E-state index is 6.32. The number of benzene rings is 3. The summed E-state index contributed by atoms with van der Waals surface area (Å²) in [5.74, 6) is 3.22. The number of aromatic nitrogens is 2. The van der Waals surface area contributed by atoms with Gasteiger partial charge in [-0.25, -0.2) is 4.98 Å². The quantitative estimate of drug-likeness (QED) is 0.259. The van der Waals surface area contributed by atoms with Crippen LogP contribution in [0.4, 0.5) is 0 Å². The molecule has 0 aliphatic rings. The van der Waals surface area contributed by atoms with Crippen molar-refractivity contribution in [3.63, 3.8) is 0 Å². The van der Waals surface area contributed by atoms with E-state index in [0.29, 0.717) is 19.1 Å². The Morgan fingerprint density at radius 3 is 2.48 bits per heavy atom. The zero-order chi connectivity index (χ0) is 23.4. The van der Waals surface area contributed by atoms with Gasteiger partial charge in [0.2, 0.25) is 0 Å². The van der Waals surface area contributed by atoms with E-state index in [1.165, 1.54) is 22.3 Å². The highest BCUT2D eigenvalue weighted by Crippen LogP contribution is 2.28. The van der Waals surface area contributed by atoms with Crippen molar-refractivity contribution in [1.29, 1.82) is 0 Å². The number of hydrogen-bond acceptors (Lipinski definition) is 3. The fraction of sp³-hybridized carbons (Fsp3) is 0.345. The Labute approximate surface area is 197 Å². The summed E-state index contributed by atoms with van der Waals surface area (Å²) < 4.78 is 14.6. The first-order chi connectivity index (χ1) is 15.9. The molecular weight excluding hydrogens is 408 g/mol. The Kier molecular flexibility index (Phi) is 7.02. The zero-order valence-corrected chi connectivity index (χ0v) is 20.4. The van der Waals surface area contributed by atoms with Gasteiger partial charge in [-0.2, -0.15) is 0 Å². The van der Waals surface area contributed by atoms with Crippen LogP contribution >= 0.6 is 0 Å². The highest BCUT2D eigenvalue weighted by atomic mass is 16.5. The highest BCUT2D eigenvalue weighted by molar-refractivity contribution is 5.75. The molecular formula is C29H34N2O2. The van der Waals surface area contributed by atoms with Crippen LogP contribution in [0.15, 0.2) is 60.7 Å². The molecule has 4 heteroatoms. The molecule has 0 unspecified atom stereocenters. The van der Waals surface area contributed by atoms with Gasteiger partial charge in [0, 0.05) is 6.54 Å². The topological polar surface area (TPSA) is 36.3 Å². The molecule has 1 aromatic heterocycles. The Balaban J connectivity index is 1.48. The SMILES string of the molecule is Cc1ccc(C(C)C)c(OCc2nc3ccccc3n2CCCOc2ccc(C)c(C)c2)c1. The van der Waals surface area contributed by atoms with Crippen molar-refractivity contribution < 1.29 is 9.47 Å². The van der Waals surface area contributed by atoms with E-state index in [1.807, 2.05) is 12.1 Å². The first-order valence-electron chi connectivity index (χ1n) is 11.8. The Morgan fingerprint density at radius 2 is 1.70 bits per heavy atom. The molecule has 4 nitrogen and oxygen atoms in total. The number of nitrogens with zero attached hydrogens (tertiary/aromatic N) is 2. The number of aryl methyl sites for hydroxylation is 4. The summed E-state index contributed by atoms with van der Waals surface area (Å²) in [7, 11) is 0. The monoisotopic (exact) mass is 442 g/mol. The third kappa shape index (κ3) is 5.39. The maximum Gasteiger partial charge on any atom is 0.148 e. The lowest BCUT2D eigenvalue weighted by molar-refractivity contribution is 0.277. The van der Waals surface area contributed by atoms with Crippen LogP contribution in [0.25, 0.3) is 11.0 Å². The van der Waals surface area contributed by atoms with Gasteiger partial charge in [-0.05, 0) is 85.7 Å². The molecule has 33 heavy (non-hydrogen) atoms. The number of ether oxygens (including phenoxy) is 2. The minimum absolute atomic E-state index is 0.405. The van der Waals surface area contributed by atoms with Crippen LogP contribution in [0, 0.1) is 20.8 Å². The van der Waals surface area contributed by atoms with E-state index < -0.39 is 0 Å². The Bertz CT molecular complexity index is 1240. The van der Waals surface area contributed by atoms with Crippen molar-refractivity contribution >= 4 is 11.0 Å². The van der Waals surface area contributed by atoms with Gasteiger partial charge in [-0.15, -0.1) is 0 Å². The molecule has 0 N–H and O–H groups in total. The fourth-order valence-electron chi connectivity index (χ4n) is 4.09. The van der Waals surface area contributed by atoms with Gasteiger partial charge in [0.05, 0.1) is 17.6 Å². The van der Waals surface area contributed by atoms with Crippen molar-refractivity contribution in [1.82, 2.24) is 9.55 Å². The van der Waals surface area contributed by atoms with E-state index in [9.17, 15) is 0 Å². The molecule has 0 fully saturated rings. The summed E-state index contributed by atoms with van der Waals surface area (Å²) in [6.07, 6.45) is 0.891. The second-order valence-electron chi connectivity index (χ2n) is 9.10. The zero-order valence-electron chi connectivity index (χ0n) is 20.4. The predicted molar refractivity (Wildman–Crippen MR) is 135 cm³/mol. The highest BCUT2D eigenvalue weighted by Gasteiger charge is 2.13. The van der Waals surface area contributed by atoms with Gasteiger partial charge in [0.15, 0.2) is 0 Å². The van der Waals surface area contributed by atoms with Crippen LogP contribution in [0.5, 0.6) is 11.5 Å². The van der Waals surface area contributed by atoms with Crippen LogP contribution in [0.1, 0.15) is 54.3 Å². The minimum atomic E-state index is 0.405. The van der Waals surface area contributed by atoms with Crippen LogP contribution < -0.4 is 9.47 Å². The van der Waals surface area contributed by atoms with Crippen molar-refractivity contribution in [3.05, 3.63) is 88.7 Å². The molecule has 0 bridgehead atoms. The summed E-state index contributed by atoms with van der Waals surface area (Å²) >= 11 is 0. The van der Waals surface area contributed by atoms with Gasteiger partial charge >= 0.3 is 0 Å². The first-order valence-corrected chi connectivity index (χ1v) is 11.8. The molecule has 0 saturated heterocycles. The maximum atomic E-state index is 6.32.